The Balaban J connectivity index is 3.07. The van der Waals surface area contributed by atoms with Crippen LogP contribution in [0, 0.1) is 6.92 Å². The lowest BCUT2D eigenvalue weighted by atomic mass is 10.3. The van der Waals surface area contributed by atoms with Gasteiger partial charge in [0.1, 0.15) is 9.77 Å². The molecule has 0 fully saturated rings. The van der Waals surface area contributed by atoms with Gasteiger partial charge in [0, 0.05) is 13.2 Å². The Labute approximate surface area is 110 Å². The van der Waals surface area contributed by atoms with E-state index >= 15 is 0 Å². The molecule has 0 bridgehead atoms. The van der Waals surface area contributed by atoms with Gasteiger partial charge in [-0.15, -0.1) is 11.3 Å². The average molecular weight is 293 g/mol. The molecule has 0 atom stereocenters. The number of carbonyl (C=O) groups is 1. The van der Waals surface area contributed by atoms with Gasteiger partial charge in [0.2, 0.25) is 10.0 Å². The maximum atomic E-state index is 12.0. The third-order valence-corrected chi connectivity index (χ3v) is 5.04. The van der Waals surface area contributed by atoms with Crippen LogP contribution in [0.1, 0.15) is 21.7 Å². The van der Waals surface area contributed by atoms with E-state index in [9.17, 15) is 13.2 Å². The van der Waals surface area contributed by atoms with Crippen LogP contribution in [0.25, 0.3) is 0 Å². The predicted octanol–water partition coefficient (Wildman–Crippen LogP) is 0.504. The number of sulfonamides is 1. The molecule has 6 nitrogen and oxygen atoms in total. The van der Waals surface area contributed by atoms with Crippen molar-refractivity contribution in [3.8, 4) is 0 Å². The first kappa shape index (κ1) is 15.1. The Bertz CT molecular complexity index is 520. The van der Waals surface area contributed by atoms with Crippen molar-refractivity contribution in [1.29, 1.82) is 0 Å². The fraction of sp³-hybridized carbons (Fsp3) is 0.500. The molecule has 102 valence electrons. The van der Waals surface area contributed by atoms with Crippen LogP contribution < -0.4 is 4.72 Å². The Morgan fingerprint density at radius 3 is 2.78 bits per heavy atom. The van der Waals surface area contributed by atoms with Crippen LogP contribution in [0.3, 0.4) is 0 Å². The number of carbonyl (C=O) groups excluding carboxylic acids is 1. The summed E-state index contributed by atoms with van der Waals surface area (Å²) in [6.45, 7) is 1.63. The van der Waals surface area contributed by atoms with Gasteiger partial charge in [-0.2, -0.15) is 0 Å². The van der Waals surface area contributed by atoms with E-state index in [-0.39, 0.29) is 22.9 Å². The molecule has 18 heavy (non-hydrogen) atoms. The summed E-state index contributed by atoms with van der Waals surface area (Å²) < 4.78 is 31.0. The number of hydrogen-bond acceptors (Lipinski definition) is 6. The normalized spacial score (nSPS) is 11.5. The summed E-state index contributed by atoms with van der Waals surface area (Å²) >= 11 is 1.03. The Kier molecular flexibility index (Phi) is 5.27. The van der Waals surface area contributed by atoms with Crippen molar-refractivity contribution in [3.63, 3.8) is 0 Å². The minimum absolute atomic E-state index is 0.0442. The summed E-state index contributed by atoms with van der Waals surface area (Å²) in [6, 6.07) is 0. The molecular weight excluding hydrogens is 278 g/mol. The minimum Gasteiger partial charge on any atom is -0.465 e. The van der Waals surface area contributed by atoms with E-state index in [1.165, 1.54) is 7.11 Å². The molecule has 0 spiro atoms. The van der Waals surface area contributed by atoms with E-state index < -0.39 is 16.0 Å². The Morgan fingerprint density at radius 2 is 2.22 bits per heavy atom. The molecule has 0 saturated carbocycles. The largest absolute Gasteiger partial charge is 0.465 e. The second kappa shape index (κ2) is 6.28. The number of aliphatic hydroxyl groups is 1. The van der Waals surface area contributed by atoms with Gasteiger partial charge in [-0.1, -0.05) is 0 Å². The van der Waals surface area contributed by atoms with Gasteiger partial charge in [0.25, 0.3) is 0 Å². The Morgan fingerprint density at radius 1 is 1.56 bits per heavy atom. The lowest BCUT2D eigenvalue weighted by Crippen LogP contribution is -2.27. The molecule has 1 rings (SSSR count). The summed E-state index contributed by atoms with van der Waals surface area (Å²) in [7, 11) is -2.56. The second-order valence-corrected chi connectivity index (χ2v) is 6.13. The number of methoxy groups -OCH3 is 1. The highest BCUT2D eigenvalue weighted by atomic mass is 32.2. The average Bonchev–Trinajstić information content (AvgIpc) is 2.71. The SMILES string of the molecule is COC(=O)c1scc(C)c1S(=O)(=O)NCCCO. The van der Waals surface area contributed by atoms with Crippen LogP contribution in [0.2, 0.25) is 0 Å². The zero-order chi connectivity index (χ0) is 13.8. The Hall–Kier alpha value is -0.960. The van der Waals surface area contributed by atoms with Gasteiger partial charge in [-0.3, -0.25) is 0 Å². The van der Waals surface area contributed by atoms with Crippen LogP contribution in [0.4, 0.5) is 0 Å². The van der Waals surface area contributed by atoms with E-state index in [2.05, 4.69) is 9.46 Å². The highest BCUT2D eigenvalue weighted by Crippen LogP contribution is 2.27. The van der Waals surface area contributed by atoms with Crippen LogP contribution in [-0.4, -0.2) is 39.8 Å². The molecule has 1 aromatic rings. The third-order valence-electron chi connectivity index (χ3n) is 2.18. The van der Waals surface area contributed by atoms with E-state index in [0.29, 0.717) is 12.0 Å². The van der Waals surface area contributed by atoms with Crippen molar-refractivity contribution in [1.82, 2.24) is 4.72 Å². The van der Waals surface area contributed by atoms with Crippen molar-refractivity contribution in [2.75, 3.05) is 20.3 Å². The number of esters is 1. The zero-order valence-electron chi connectivity index (χ0n) is 10.1. The fourth-order valence-electron chi connectivity index (χ4n) is 1.36. The molecule has 0 amide bonds. The number of aryl methyl sites for hydroxylation is 1. The van der Waals surface area contributed by atoms with Gasteiger partial charge in [-0.25, -0.2) is 17.9 Å². The number of ether oxygens (including phenoxy) is 1. The predicted molar refractivity (Wildman–Crippen MR) is 67.3 cm³/mol. The molecule has 1 heterocycles. The molecular formula is C10H15NO5S2. The molecule has 8 heteroatoms. The second-order valence-electron chi connectivity index (χ2n) is 3.54. The van der Waals surface area contributed by atoms with E-state index in [1.54, 1.807) is 12.3 Å². The number of rotatable bonds is 6. The first-order valence-corrected chi connectivity index (χ1v) is 7.57. The molecule has 0 aliphatic rings. The highest BCUT2D eigenvalue weighted by Gasteiger charge is 2.26. The topological polar surface area (TPSA) is 92.7 Å². The first-order chi connectivity index (χ1) is 8.44. The molecule has 0 unspecified atom stereocenters. The van der Waals surface area contributed by atoms with Crippen LogP contribution >= 0.6 is 11.3 Å². The molecule has 0 saturated heterocycles. The minimum atomic E-state index is -3.76. The van der Waals surface area contributed by atoms with E-state index in [4.69, 9.17) is 5.11 Å². The van der Waals surface area contributed by atoms with E-state index in [0.717, 1.165) is 11.3 Å². The summed E-state index contributed by atoms with van der Waals surface area (Å²) in [4.78, 5) is 11.5. The van der Waals surface area contributed by atoms with Crippen molar-refractivity contribution in [2.45, 2.75) is 18.2 Å². The number of thiophene rings is 1. The zero-order valence-corrected chi connectivity index (χ0v) is 11.7. The maximum Gasteiger partial charge on any atom is 0.349 e. The number of aliphatic hydroxyl groups excluding tert-OH is 1. The summed E-state index contributed by atoms with van der Waals surface area (Å²) in [5.74, 6) is -0.671. The van der Waals surface area contributed by atoms with E-state index in [1.807, 2.05) is 0 Å². The lowest BCUT2D eigenvalue weighted by Gasteiger charge is -2.07. The highest BCUT2D eigenvalue weighted by molar-refractivity contribution is 7.89. The van der Waals surface area contributed by atoms with Crippen molar-refractivity contribution in [2.24, 2.45) is 0 Å². The standard InChI is InChI=1S/C10H15NO5S2/c1-7-6-17-8(10(13)16-2)9(7)18(14,15)11-4-3-5-12/h6,11-12H,3-5H2,1-2H3. The molecule has 2 N–H and O–H groups in total. The fourth-order valence-corrected chi connectivity index (χ4v) is 4.13. The van der Waals surface area contributed by atoms with Crippen LogP contribution in [0.15, 0.2) is 10.3 Å². The third kappa shape index (κ3) is 3.29. The van der Waals surface area contributed by atoms with Gasteiger partial charge in [0.15, 0.2) is 0 Å². The monoisotopic (exact) mass is 293 g/mol. The summed E-state index contributed by atoms with van der Waals surface area (Å²) in [5.41, 5.74) is 0.497. The molecule has 1 aromatic heterocycles. The van der Waals surface area contributed by atoms with Gasteiger partial charge in [-0.05, 0) is 24.3 Å². The number of nitrogens with one attached hydrogen (secondary N) is 1. The van der Waals surface area contributed by atoms with Gasteiger partial charge >= 0.3 is 5.97 Å². The van der Waals surface area contributed by atoms with Crippen molar-refractivity contribution >= 4 is 27.3 Å². The summed E-state index contributed by atoms with van der Waals surface area (Å²) in [5, 5.41) is 10.2. The van der Waals surface area contributed by atoms with Crippen LogP contribution in [0.5, 0.6) is 0 Å². The maximum absolute atomic E-state index is 12.0. The first-order valence-electron chi connectivity index (χ1n) is 5.21. The van der Waals surface area contributed by atoms with Crippen LogP contribution in [-0.2, 0) is 14.8 Å². The molecule has 0 aliphatic heterocycles. The summed E-state index contributed by atoms with van der Waals surface area (Å²) in [6.07, 6.45) is 0.315. The molecule has 0 aromatic carbocycles. The lowest BCUT2D eigenvalue weighted by molar-refractivity contribution is 0.0602. The van der Waals surface area contributed by atoms with Crippen molar-refractivity contribution < 1.29 is 23.1 Å². The van der Waals surface area contributed by atoms with Crippen molar-refractivity contribution in [3.05, 3.63) is 15.8 Å². The molecule has 0 radical (unpaired) electrons. The molecule has 0 aliphatic carbocycles. The quantitative estimate of drug-likeness (QED) is 0.588. The van der Waals surface area contributed by atoms with Gasteiger partial charge < -0.3 is 9.84 Å². The smallest absolute Gasteiger partial charge is 0.349 e. The number of hydrogen-bond donors (Lipinski definition) is 2. The van der Waals surface area contributed by atoms with Gasteiger partial charge in [0.05, 0.1) is 7.11 Å².